The molecule has 0 aromatic heterocycles. The van der Waals surface area contributed by atoms with E-state index in [-0.39, 0.29) is 5.91 Å². The average Bonchev–Trinajstić information content (AvgIpc) is 2.85. The molecule has 0 aromatic carbocycles. The van der Waals surface area contributed by atoms with Gasteiger partial charge in [-0.25, -0.2) is 4.79 Å². The van der Waals surface area contributed by atoms with Gasteiger partial charge in [0, 0.05) is 13.0 Å². The first kappa shape index (κ1) is 8.53. The molecule has 0 bridgehead atoms. The summed E-state index contributed by atoms with van der Waals surface area (Å²) < 4.78 is 0. The fraction of sp³-hybridized carbons (Fsp3) is 0.778. The molecule has 2 rings (SSSR count). The second kappa shape index (κ2) is 2.72. The number of carbonyl (C=O) groups excluding carboxylic acids is 1. The summed E-state index contributed by atoms with van der Waals surface area (Å²) in [6.45, 7) is 0.630. The number of hydrogen-bond donors (Lipinski definition) is 1. The Bertz CT molecular complexity index is 258. The average molecular weight is 183 g/mol. The van der Waals surface area contributed by atoms with E-state index in [4.69, 9.17) is 5.11 Å². The highest BCUT2D eigenvalue weighted by atomic mass is 16.4. The maximum atomic E-state index is 11.4. The molecule has 1 amide bonds. The van der Waals surface area contributed by atoms with Crippen LogP contribution in [0.5, 0.6) is 0 Å². The quantitative estimate of drug-likeness (QED) is 0.682. The van der Waals surface area contributed by atoms with Crippen LogP contribution in [0.25, 0.3) is 0 Å². The summed E-state index contributed by atoms with van der Waals surface area (Å²) in [6, 6.07) is 0. The van der Waals surface area contributed by atoms with E-state index in [1.807, 2.05) is 0 Å². The molecule has 4 heteroatoms. The van der Waals surface area contributed by atoms with Crippen molar-refractivity contribution >= 4 is 11.9 Å². The molecule has 2 fully saturated rings. The summed E-state index contributed by atoms with van der Waals surface area (Å²) in [5.41, 5.74) is -0.808. The molecule has 2 aliphatic rings. The van der Waals surface area contributed by atoms with E-state index in [1.165, 1.54) is 0 Å². The van der Waals surface area contributed by atoms with Crippen LogP contribution < -0.4 is 0 Å². The topological polar surface area (TPSA) is 57.6 Å². The lowest BCUT2D eigenvalue weighted by molar-refractivity contribution is -0.153. The van der Waals surface area contributed by atoms with E-state index < -0.39 is 11.5 Å². The van der Waals surface area contributed by atoms with Crippen LogP contribution in [0, 0.1) is 0 Å². The van der Waals surface area contributed by atoms with Gasteiger partial charge in [-0.3, -0.25) is 4.79 Å². The second-order valence-corrected chi connectivity index (χ2v) is 3.84. The third-order valence-electron chi connectivity index (χ3n) is 2.96. The fourth-order valence-corrected chi connectivity index (χ4v) is 1.98. The van der Waals surface area contributed by atoms with Crippen LogP contribution in [0.2, 0.25) is 0 Å². The Morgan fingerprint density at radius 3 is 2.54 bits per heavy atom. The Hall–Kier alpha value is -1.06. The highest BCUT2D eigenvalue weighted by Crippen LogP contribution is 2.43. The number of carbonyl (C=O) groups is 2. The molecule has 72 valence electrons. The smallest absolute Gasteiger partial charge is 0.329 e. The standard InChI is InChI=1S/C9H13NO3/c11-7-3-1-2-6-10(7)9(4-5-9)8(12)13/h1-6H2,(H,12,13). The predicted octanol–water partition coefficient (Wildman–Crippen LogP) is 0.616. The van der Waals surface area contributed by atoms with Gasteiger partial charge in [-0.1, -0.05) is 0 Å². The van der Waals surface area contributed by atoms with Crippen molar-refractivity contribution in [2.24, 2.45) is 0 Å². The molecule has 1 aliphatic carbocycles. The zero-order chi connectivity index (χ0) is 9.47. The van der Waals surface area contributed by atoms with Crippen molar-refractivity contribution in [1.82, 2.24) is 4.90 Å². The van der Waals surface area contributed by atoms with Gasteiger partial charge in [-0.2, -0.15) is 0 Å². The maximum absolute atomic E-state index is 11.4. The number of hydrogen-bond acceptors (Lipinski definition) is 2. The summed E-state index contributed by atoms with van der Waals surface area (Å²) in [7, 11) is 0. The van der Waals surface area contributed by atoms with Crippen LogP contribution in [0.1, 0.15) is 32.1 Å². The van der Waals surface area contributed by atoms with Crippen molar-refractivity contribution in [3.8, 4) is 0 Å². The van der Waals surface area contributed by atoms with Gasteiger partial charge in [0.25, 0.3) is 0 Å². The first-order valence-corrected chi connectivity index (χ1v) is 4.71. The van der Waals surface area contributed by atoms with Gasteiger partial charge in [0.2, 0.25) is 5.91 Å². The fourth-order valence-electron chi connectivity index (χ4n) is 1.98. The van der Waals surface area contributed by atoms with Crippen LogP contribution in [0.15, 0.2) is 0 Å². The lowest BCUT2D eigenvalue weighted by Gasteiger charge is -2.32. The third kappa shape index (κ3) is 1.20. The number of nitrogens with zero attached hydrogens (tertiary/aromatic N) is 1. The van der Waals surface area contributed by atoms with Gasteiger partial charge < -0.3 is 10.0 Å². The summed E-state index contributed by atoms with van der Waals surface area (Å²) in [6.07, 6.45) is 3.64. The zero-order valence-electron chi connectivity index (χ0n) is 7.45. The SMILES string of the molecule is O=C1CCCCN1C1(C(=O)O)CC1. The molecule has 0 aromatic rings. The normalized spacial score (nSPS) is 25.8. The molecular weight excluding hydrogens is 170 g/mol. The van der Waals surface area contributed by atoms with Crippen molar-refractivity contribution in [2.75, 3.05) is 6.54 Å². The van der Waals surface area contributed by atoms with Crippen molar-refractivity contribution in [2.45, 2.75) is 37.6 Å². The molecule has 4 nitrogen and oxygen atoms in total. The van der Waals surface area contributed by atoms with Gasteiger partial charge in [0.1, 0.15) is 5.54 Å². The number of likely N-dealkylation sites (tertiary alicyclic amines) is 1. The summed E-state index contributed by atoms with van der Waals surface area (Å²) in [5.74, 6) is -0.811. The summed E-state index contributed by atoms with van der Waals surface area (Å²) >= 11 is 0. The van der Waals surface area contributed by atoms with E-state index in [1.54, 1.807) is 4.90 Å². The lowest BCUT2D eigenvalue weighted by atomic mass is 10.1. The van der Waals surface area contributed by atoms with E-state index in [2.05, 4.69) is 0 Å². The second-order valence-electron chi connectivity index (χ2n) is 3.84. The minimum Gasteiger partial charge on any atom is -0.479 e. The predicted molar refractivity (Wildman–Crippen MR) is 45.2 cm³/mol. The highest BCUT2D eigenvalue weighted by molar-refractivity contribution is 5.89. The molecule has 1 saturated carbocycles. The maximum Gasteiger partial charge on any atom is 0.329 e. The van der Waals surface area contributed by atoms with E-state index >= 15 is 0 Å². The van der Waals surface area contributed by atoms with Gasteiger partial charge in [-0.05, 0) is 25.7 Å². The number of aliphatic carboxylic acids is 1. The zero-order valence-corrected chi connectivity index (χ0v) is 7.45. The summed E-state index contributed by atoms with van der Waals surface area (Å²) in [4.78, 5) is 24.0. The minimum absolute atomic E-state index is 0.0196. The van der Waals surface area contributed by atoms with Crippen LogP contribution in [-0.4, -0.2) is 34.0 Å². The first-order chi connectivity index (χ1) is 6.17. The molecule has 1 saturated heterocycles. The number of carboxylic acid groups (broad SMARTS) is 1. The van der Waals surface area contributed by atoms with Gasteiger partial charge in [-0.15, -0.1) is 0 Å². The number of carboxylic acids is 1. The van der Waals surface area contributed by atoms with Crippen LogP contribution in [0.4, 0.5) is 0 Å². The Kier molecular flexibility index (Phi) is 1.78. The minimum atomic E-state index is -0.831. The first-order valence-electron chi connectivity index (χ1n) is 4.71. The van der Waals surface area contributed by atoms with Gasteiger partial charge in [0.05, 0.1) is 0 Å². The molecule has 0 spiro atoms. The van der Waals surface area contributed by atoms with Crippen LogP contribution in [0.3, 0.4) is 0 Å². The van der Waals surface area contributed by atoms with Crippen molar-refractivity contribution in [3.63, 3.8) is 0 Å². The third-order valence-corrected chi connectivity index (χ3v) is 2.96. The van der Waals surface area contributed by atoms with Crippen LogP contribution >= 0.6 is 0 Å². The number of rotatable bonds is 2. The largest absolute Gasteiger partial charge is 0.479 e. The molecule has 1 heterocycles. The molecule has 0 radical (unpaired) electrons. The van der Waals surface area contributed by atoms with Crippen molar-refractivity contribution in [1.29, 1.82) is 0 Å². The molecule has 1 N–H and O–H groups in total. The molecule has 0 atom stereocenters. The van der Waals surface area contributed by atoms with Gasteiger partial charge in [0.15, 0.2) is 0 Å². The Balaban J connectivity index is 2.14. The summed E-state index contributed by atoms with van der Waals surface area (Å²) in [5, 5.41) is 8.98. The van der Waals surface area contributed by atoms with Gasteiger partial charge >= 0.3 is 5.97 Å². The number of amides is 1. The van der Waals surface area contributed by atoms with Crippen molar-refractivity contribution < 1.29 is 14.7 Å². The van der Waals surface area contributed by atoms with Crippen molar-refractivity contribution in [3.05, 3.63) is 0 Å². The molecule has 0 unspecified atom stereocenters. The van der Waals surface area contributed by atoms with E-state index in [0.29, 0.717) is 25.8 Å². The Labute approximate surface area is 76.5 Å². The molecular formula is C9H13NO3. The monoisotopic (exact) mass is 183 g/mol. The highest BCUT2D eigenvalue weighted by Gasteiger charge is 2.56. The van der Waals surface area contributed by atoms with Crippen LogP contribution in [-0.2, 0) is 9.59 Å². The lowest BCUT2D eigenvalue weighted by Crippen LogP contribution is -2.49. The van der Waals surface area contributed by atoms with E-state index in [9.17, 15) is 9.59 Å². The molecule has 1 aliphatic heterocycles. The Morgan fingerprint density at radius 1 is 1.38 bits per heavy atom. The number of piperidine rings is 1. The van der Waals surface area contributed by atoms with E-state index in [0.717, 1.165) is 12.8 Å². The Morgan fingerprint density at radius 2 is 2.08 bits per heavy atom. The molecule has 13 heavy (non-hydrogen) atoms.